The number of benzene rings is 1. The van der Waals surface area contributed by atoms with Gasteiger partial charge in [0.15, 0.2) is 0 Å². The molecule has 24 heavy (non-hydrogen) atoms. The van der Waals surface area contributed by atoms with Gasteiger partial charge in [0.05, 0.1) is 0 Å². The van der Waals surface area contributed by atoms with Crippen LogP contribution in [0.5, 0.6) is 5.75 Å². The quantitative estimate of drug-likeness (QED) is 0.511. The Morgan fingerprint density at radius 1 is 1.21 bits per heavy atom. The molecule has 0 atom stereocenters. The molecule has 1 saturated heterocycles. The zero-order valence-corrected chi connectivity index (χ0v) is 15.1. The van der Waals surface area contributed by atoms with E-state index in [1.165, 1.54) is 61.7 Å². The molecule has 1 nitrogen and oxygen atoms in total. The van der Waals surface area contributed by atoms with Gasteiger partial charge in [-0.3, -0.25) is 0 Å². The Bertz CT molecular complexity index is 588. The molecule has 1 aliphatic heterocycles. The van der Waals surface area contributed by atoms with Gasteiger partial charge in [-0.15, -0.1) is 13.2 Å². The van der Waals surface area contributed by atoms with Crippen molar-refractivity contribution in [3.63, 3.8) is 0 Å². The number of hydrogen-bond donors (Lipinski definition) is 0. The number of rotatable bonds is 4. The highest BCUT2D eigenvalue weighted by molar-refractivity contribution is 6.58. The van der Waals surface area contributed by atoms with Gasteiger partial charge in [0.25, 0.3) is 0 Å². The minimum Gasteiger partial charge on any atom is -0.406 e. The van der Waals surface area contributed by atoms with Crippen LogP contribution >= 0.6 is 0 Å². The second kappa shape index (κ2) is 8.98. The van der Waals surface area contributed by atoms with Crippen LogP contribution in [0.25, 0.3) is 0 Å². The Kier molecular flexibility index (Phi) is 6.98. The number of ether oxygens (including phenoxy) is 1. The normalized spacial score (nSPS) is 21.3. The third-order valence-corrected chi connectivity index (χ3v) is 8.04. The number of halogens is 3. The molecule has 130 valence electrons. The molecule has 0 saturated carbocycles. The fourth-order valence-electron chi connectivity index (χ4n) is 3.13. The predicted molar refractivity (Wildman–Crippen MR) is 93.7 cm³/mol. The van der Waals surface area contributed by atoms with E-state index in [1.807, 2.05) is 6.08 Å². The minimum absolute atomic E-state index is 0.225. The summed E-state index contributed by atoms with van der Waals surface area (Å²) >= 11 is 0. The van der Waals surface area contributed by atoms with Crippen molar-refractivity contribution < 1.29 is 17.9 Å². The summed E-state index contributed by atoms with van der Waals surface area (Å²) in [5.41, 5.74) is 0.674. The maximum atomic E-state index is 12.1. The van der Waals surface area contributed by atoms with Crippen LogP contribution in [0.2, 0.25) is 18.1 Å². The zero-order chi connectivity index (χ0) is 17.4. The molecule has 1 aromatic carbocycles. The van der Waals surface area contributed by atoms with Crippen LogP contribution in [-0.4, -0.2) is 15.2 Å². The van der Waals surface area contributed by atoms with Crippen molar-refractivity contribution in [2.24, 2.45) is 5.92 Å². The summed E-state index contributed by atoms with van der Waals surface area (Å²) in [6.45, 7) is 2.27. The van der Waals surface area contributed by atoms with Crippen LogP contribution in [0.15, 0.2) is 36.4 Å². The van der Waals surface area contributed by atoms with E-state index < -0.39 is 15.2 Å². The molecule has 0 unspecified atom stereocenters. The standard InChI is InChI=1S/C19H23F3OSi/c1-2-13-24-14-11-17(12-15-24)6-4-3-5-16-7-9-18(10-8-16)23-19(20,21)22/h4,6-10,17,24H,2,11-15H2,1H3/t17-,24-. The van der Waals surface area contributed by atoms with E-state index in [1.54, 1.807) is 0 Å². The summed E-state index contributed by atoms with van der Waals surface area (Å²) in [5.74, 6) is 6.33. The second-order valence-electron chi connectivity index (χ2n) is 6.27. The molecule has 1 heterocycles. The van der Waals surface area contributed by atoms with E-state index in [0.717, 1.165) is 0 Å². The number of allylic oxidation sites excluding steroid dienone is 2. The SMILES string of the molecule is CCC[Si@H]1CC[C@H](C=CC#Cc2ccc(OC(F)(F)F)cc2)CC1. The smallest absolute Gasteiger partial charge is 0.406 e. The van der Waals surface area contributed by atoms with Gasteiger partial charge in [-0.25, -0.2) is 0 Å². The molecule has 0 amide bonds. The predicted octanol–water partition coefficient (Wildman–Crippen LogP) is 5.54. The van der Waals surface area contributed by atoms with Crippen LogP contribution in [0.4, 0.5) is 13.2 Å². The Balaban J connectivity index is 1.81. The molecule has 0 aliphatic carbocycles. The van der Waals surface area contributed by atoms with Crippen LogP contribution in [0.3, 0.4) is 0 Å². The average molecular weight is 352 g/mol. The third-order valence-electron chi connectivity index (χ3n) is 4.34. The topological polar surface area (TPSA) is 9.23 Å². The Morgan fingerprint density at radius 2 is 1.88 bits per heavy atom. The molecule has 0 N–H and O–H groups in total. The van der Waals surface area contributed by atoms with Crippen LogP contribution in [0.1, 0.15) is 31.7 Å². The van der Waals surface area contributed by atoms with Crippen molar-refractivity contribution in [3.05, 3.63) is 42.0 Å². The monoisotopic (exact) mass is 352 g/mol. The van der Waals surface area contributed by atoms with Crippen molar-refractivity contribution in [2.45, 2.75) is 50.7 Å². The van der Waals surface area contributed by atoms with Crippen molar-refractivity contribution in [1.82, 2.24) is 0 Å². The number of hydrogen-bond acceptors (Lipinski definition) is 1. The van der Waals surface area contributed by atoms with Gasteiger partial charge >= 0.3 is 6.36 Å². The molecule has 0 aromatic heterocycles. The van der Waals surface area contributed by atoms with Gasteiger partial charge in [0.1, 0.15) is 5.75 Å². The molecule has 5 heteroatoms. The van der Waals surface area contributed by atoms with E-state index >= 15 is 0 Å². The zero-order valence-electron chi connectivity index (χ0n) is 13.9. The summed E-state index contributed by atoms with van der Waals surface area (Å²) in [6.07, 6.45) is 3.32. The summed E-state index contributed by atoms with van der Waals surface area (Å²) in [5, 5.41) is 0. The lowest BCUT2D eigenvalue weighted by atomic mass is 10.0. The first kappa shape index (κ1) is 18.7. The van der Waals surface area contributed by atoms with E-state index in [9.17, 15) is 13.2 Å². The second-order valence-corrected chi connectivity index (χ2v) is 9.73. The maximum absolute atomic E-state index is 12.1. The van der Waals surface area contributed by atoms with Gasteiger partial charge in [-0.2, -0.15) is 0 Å². The maximum Gasteiger partial charge on any atom is 0.573 e. The third kappa shape index (κ3) is 6.84. The first-order chi connectivity index (χ1) is 11.5. The first-order valence-electron chi connectivity index (χ1n) is 8.50. The molecular formula is C19H23F3OSi. The molecular weight excluding hydrogens is 329 g/mol. The first-order valence-corrected chi connectivity index (χ1v) is 10.9. The average Bonchev–Trinajstić information content (AvgIpc) is 2.53. The van der Waals surface area contributed by atoms with Crippen molar-refractivity contribution >= 4 is 8.80 Å². The van der Waals surface area contributed by atoms with Crippen LogP contribution < -0.4 is 4.74 Å². The number of alkyl halides is 3. The lowest BCUT2D eigenvalue weighted by Gasteiger charge is -2.25. The van der Waals surface area contributed by atoms with Crippen LogP contribution in [0, 0.1) is 17.8 Å². The highest BCUT2D eigenvalue weighted by Gasteiger charge is 2.30. The summed E-state index contributed by atoms with van der Waals surface area (Å²) in [7, 11) is -0.437. The van der Waals surface area contributed by atoms with Crippen LogP contribution in [-0.2, 0) is 0 Å². The highest BCUT2D eigenvalue weighted by Crippen LogP contribution is 2.28. The fraction of sp³-hybridized carbons (Fsp3) is 0.474. The lowest BCUT2D eigenvalue weighted by molar-refractivity contribution is -0.274. The van der Waals surface area contributed by atoms with Crippen molar-refractivity contribution in [1.29, 1.82) is 0 Å². The van der Waals surface area contributed by atoms with Gasteiger partial charge in [-0.05, 0) is 49.1 Å². The molecule has 1 fully saturated rings. The van der Waals surface area contributed by atoms with Crippen molar-refractivity contribution in [3.8, 4) is 17.6 Å². The lowest BCUT2D eigenvalue weighted by Crippen LogP contribution is -2.19. The van der Waals surface area contributed by atoms with E-state index in [0.29, 0.717) is 11.5 Å². The molecule has 0 spiro atoms. The fourth-order valence-corrected chi connectivity index (χ4v) is 6.61. The Hall–Kier alpha value is -1.67. The van der Waals surface area contributed by atoms with E-state index in [2.05, 4.69) is 29.6 Å². The largest absolute Gasteiger partial charge is 0.573 e. The summed E-state index contributed by atoms with van der Waals surface area (Å²) in [6, 6.07) is 9.98. The highest BCUT2D eigenvalue weighted by atomic mass is 28.3. The summed E-state index contributed by atoms with van der Waals surface area (Å²) < 4.78 is 40.1. The summed E-state index contributed by atoms with van der Waals surface area (Å²) in [4.78, 5) is 0. The van der Waals surface area contributed by atoms with Crippen molar-refractivity contribution in [2.75, 3.05) is 0 Å². The molecule has 1 aliphatic rings. The van der Waals surface area contributed by atoms with Gasteiger partial charge in [-0.1, -0.05) is 49.4 Å². The molecule has 1 aromatic rings. The molecule has 2 rings (SSSR count). The van der Waals surface area contributed by atoms with E-state index in [-0.39, 0.29) is 5.75 Å². The molecule has 0 radical (unpaired) electrons. The van der Waals surface area contributed by atoms with Gasteiger partial charge < -0.3 is 4.74 Å². The van der Waals surface area contributed by atoms with E-state index in [4.69, 9.17) is 0 Å². The molecule has 0 bridgehead atoms. The van der Waals surface area contributed by atoms with Gasteiger partial charge in [0.2, 0.25) is 0 Å². The Morgan fingerprint density at radius 3 is 2.46 bits per heavy atom. The van der Waals surface area contributed by atoms with Gasteiger partial charge in [0, 0.05) is 14.4 Å². The Labute approximate surface area is 143 Å². The minimum atomic E-state index is -4.66.